The summed E-state index contributed by atoms with van der Waals surface area (Å²) in [6.07, 6.45) is 3.99. The molecule has 1 unspecified atom stereocenters. The number of piperidine rings is 1. The van der Waals surface area contributed by atoms with Crippen LogP contribution in [0, 0.1) is 12.3 Å². The van der Waals surface area contributed by atoms with Crippen molar-refractivity contribution in [1.29, 1.82) is 0 Å². The van der Waals surface area contributed by atoms with Gasteiger partial charge in [0.05, 0.1) is 12.0 Å². The van der Waals surface area contributed by atoms with Gasteiger partial charge in [0.2, 0.25) is 11.8 Å². The van der Waals surface area contributed by atoms with Crippen molar-refractivity contribution in [3.05, 3.63) is 35.4 Å². The van der Waals surface area contributed by atoms with Crippen LogP contribution in [0.1, 0.15) is 36.8 Å². The predicted octanol–water partition coefficient (Wildman–Crippen LogP) is 2.42. The number of carbonyl (C=O) groups excluding carboxylic acids is 2. The number of methoxy groups -OCH3 is 1. The largest absolute Gasteiger partial charge is 0.383 e. The van der Waals surface area contributed by atoms with Crippen LogP contribution in [-0.2, 0) is 20.7 Å². The number of likely N-dealkylation sites (tertiary alicyclic amines) is 2. The van der Waals surface area contributed by atoms with E-state index in [1.54, 1.807) is 7.11 Å². The highest BCUT2D eigenvalue weighted by Crippen LogP contribution is 2.40. The Hall–Kier alpha value is -1.88. The van der Waals surface area contributed by atoms with Crippen LogP contribution in [0.25, 0.3) is 0 Å². The number of hydrogen-bond acceptors (Lipinski definition) is 3. The molecule has 1 aromatic rings. The Bertz CT molecular complexity index is 660. The fourth-order valence-corrected chi connectivity index (χ4v) is 4.32. The van der Waals surface area contributed by atoms with Crippen molar-refractivity contribution < 1.29 is 14.3 Å². The number of amides is 2. The molecule has 1 atom stereocenters. The number of hydrogen-bond donors (Lipinski definition) is 0. The minimum absolute atomic E-state index is 0.173. The lowest BCUT2D eigenvalue weighted by Gasteiger charge is -2.39. The van der Waals surface area contributed by atoms with Gasteiger partial charge in [0.25, 0.3) is 0 Å². The molecule has 0 saturated carbocycles. The van der Waals surface area contributed by atoms with Crippen molar-refractivity contribution in [2.45, 2.75) is 39.0 Å². The molecule has 5 nitrogen and oxygen atoms in total. The van der Waals surface area contributed by atoms with E-state index in [9.17, 15) is 9.59 Å². The monoisotopic (exact) mass is 358 g/mol. The van der Waals surface area contributed by atoms with E-state index in [-0.39, 0.29) is 17.2 Å². The van der Waals surface area contributed by atoms with E-state index < -0.39 is 0 Å². The van der Waals surface area contributed by atoms with Crippen LogP contribution in [0.5, 0.6) is 0 Å². The Morgan fingerprint density at radius 1 is 1.23 bits per heavy atom. The summed E-state index contributed by atoms with van der Waals surface area (Å²) in [6.45, 7) is 5.41. The zero-order valence-corrected chi connectivity index (χ0v) is 16.0. The molecule has 0 bridgehead atoms. The molecule has 0 radical (unpaired) electrons. The molecule has 2 aliphatic rings. The Kier molecular flexibility index (Phi) is 5.97. The molecule has 2 aliphatic heterocycles. The van der Waals surface area contributed by atoms with Gasteiger partial charge in [-0.3, -0.25) is 9.59 Å². The third-order valence-corrected chi connectivity index (χ3v) is 5.97. The lowest BCUT2D eigenvalue weighted by atomic mass is 9.78. The first-order valence-corrected chi connectivity index (χ1v) is 9.66. The maximum absolute atomic E-state index is 13.0. The molecule has 26 heavy (non-hydrogen) atoms. The lowest BCUT2D eigenvalue weighted by Crippen LogP contribution is -2.51. The maximum Gasteiger partial charge on any atom is 0.230 e. The smallest absolute Gasteiger partial charge is 0.230 e. The zero-order chi connectivity index (χ0) is 18.6. The molecule has 3 rings (SSSR count). The van der Waals surface area contributed by atoms with Gasteiger partial charge in [0, 0.05) is 39.7 Å². The Morgan fingerprint density at radius 3 is 2.81 bits per heavy atom. The Morgan fingerprint density at radius 2 is 2.04 bits per heavy atom. The van der Waals surface area contributed by atoms with Gasteiger partial charge in [-0.2, -0.15) is 0 Å². The molecule has 1 spiro atoms. The average Bonchev–Trinajstić information content (AvgIpc) is 3.07. The predicted molar refractivity (Wildman–Crippen MR) is 101 cm³/mol. The van der Waals surface area contributed by atoms with Crippen LogP contribution in [0.2, 0.25) is 0 Å². The summed E-state index contributed by atoms with van der Waals surface area (Å²) >= 11 is 0. The zero-order valence-electron chi connectivity index (χ0n) is 16.0. The summed E-state index contributed by atoms with van der Waals surface area (Å²) < 4.78 is 5.13. The third-order valence-electron chi connectivity index (χ3n) is 5.97. The highest BCUT2D eigenvalue weighted by molar-refractivity contribution is 5.86. The second-order valence-corrected chi connectivity index (χ2v) is 7.66. The first-order valence-electron chi connectivity index (χ1n) is 9.66. The molecule has 2 saturated heterocycles. The summed E-state index contributed by atoms with van der Waals surface area (Å²) in [4.78, 5) is 29.5. The number of benzene rings is 1. The summed E-state index contributed by atoms with van der Waals surface area (Å²) in [5.41, 5.74) is 2.10. The van der Waals surface area contributed by atoms with Gasteiger partial charge >= 0.3 is 0 Å². The highest BCUT2D eigenvalue weighted by Gasteiger charge is 2.49. The number of ether oxygens (including phenoxy) is 1. The van der Waals surface area contributed by atoms with Gasteiger partial charge in [-0.1, -0.05) is 24.3 Å². The van der Waals surface area contributed by atoms with Gasteiger partial charge in [-0.25, -0.2) is 0 Å². The fraction of sp³-hybridized carbons (Fsp3) is 0.619. The van der Waals surface area contributed by atoms with Crippen molar-refractivity contribution in [2.24, 2.45) is 5.41 Å². The van der Waals surface area contributed by atoms with E-state index in [0.717, 1.165) is 32.2 Å². The molecule has 2 fully saturated rings. The van der Waals surface area contributed by atoms with Crippen LogP contribution < -0.4 is 0 Å². The van der Waals surface area contributed by atoms with E-state index in [1.807, 2.05) is 21.9 Å². The second-order valence-electron chi connectivity index (χ2n) is 7.66. The molecule has 1 aromatic carbocycles. The van der Waals surface area contributed by atoms with Gasteiger partial charge in [0.15, 0.2) is 0 Å². The van der Waals surface area contributed by atoms with Crippen molar-refractivity contribution in [3.63, 3.8) is 0 Å². The minimum Gasteiger partial charge on any atom is -0.383 e. The molecule has 0 aliphatic carbocycles. The quantitative estimate of drug-likeness (QED) is 0.785. The SMILES string of the molecule is COCCN1CCCC2(CCN(C(=O)CCc3ccccc3C)C2)C1=O. The van der Waals surface area contributed by atoms with E-state index >= 15 is 0 Å². The van der Waals surface area contributed by atoms with Crippen molar-refractivity contribution in [3.8, 4) is 0 Å². The van der Waals surface area contributed by atoms with Crippen LogP contribution in [0.15, 0.2) is 24.3 Å². The summed E-state index contributed by atoms with van der Waals surface area (Å²) in [6, 6.07) is 8.22. The molecule has 2 heterocycles. The molecule has 5 heteroatoms. The lowest BCUT2D eigenvalue weighted by molar-refractivity contribution is -0.146. The van der Waals surface area contributed by atoms with Crippen LogP contribution >= 0.6 is 0 Å². The molecular weight excluding hydrogens is 328 g/mol. The van der Waals surface area contributed by atoms with E-state index in [2.05, 4.69) is 19.1 Å². The normalized spacial score (nSPS) is 23.1. The maximum atomic E-state index is 13.0. The summed E-state index contributed by atoms with van der Waals surface area (Å²) in [5.74, 6) is 0.391. The van der Waals surface area contributed by atoms with Gasteiger partial charge in [-0.15, -0.1) is 0 Å². The standard InChI is InChI=1S/C21H30N2O3/c1-17-6-3-4-7-18(17)8-9-19(24)23-13-11-21(16-23)10-5-12-22(20(21)25)14-15-26-2/h3-4,6-7H,5,8-16H2,1-2H3. The first-order chi connectivity index (χ1) is 12.6. The van der Waals surface area contributed by atoms with Gasteiger partial charge < -0.3 is 14.5 Å². The minimum atomic E-state index is -0.357. The van der Waals surface area contributed by atoms with Crippen LogP contribution in [-0.4, -0.2) is 61.5 Å². The van der Waals surface area contributed by atoms with Crippen molar-refractivity contribution >= 4 is 11.8 Å². The molecule has 0 N–H and O–H groups in total. The molecule has 142 valence electrons. The molecular formula is C21H30N2O3. The molecule has 2 amide bonds. The van der Waals surface area contributed by atoms with Crippen molar-refractivity contribution in [2.75, 3.05) is 39.9 Å². The second kappa shape index (κ2) is 8.21. The van der Waals surface area contributed by atoms with Gasteiger partial charge in [0.1, 0.15) is 0 Å². The first kappa shape index (κ1) is 18.9. The Labute approximate surface area is 156 Å². The van der Waals surface area contributed by atoms with Crippen molar-refractivity contribution in [1.82, 2.24) is 9.80 Å². The van der Waals surface area contributed by atoms with Crippen LogP contribution in [0.3, 0.4) is 0 Å². The van der Waals surface area contributed by atoms with Crippen LogP contribution in [0.4, 0.5) is 0 Å². The topological polar surface area (TPSA) is 49.9 Å². The van der Waals surface area contributed by atoms with E-state index in [1.165, 1.54) is 11.1 Å². The summed E-state index contributed by atoms with van der Waals surface area (Å²) in [7, 11) is 1.66. The molecule has 0 aromatic heterocycles. The Balaban J connectivity index is 1.57. The third kappa shape index (κ3) is 3.93. The average molecular weight is 358 g/mol. The summed E-state index contributed by atoms with van der Waals surface area (Å²) in [5, 5.41) is 0. The highest BCUT2D eigenvalue weighted by atomic mass is 16.5. The van der Waals surface area contributed by atoms with Gasteiger partial charge in [-0.05, 0) is 43.7 Å². The van der Waals surface area contributed by atoms with E-state index in [0.29, 0.717) is 32.7 Å². The fourth-order valence-electron chi connectivity index (χ4n) is 4.32. The number of rotatable bonds is 6. The number of nitrogens with zero attached hydrogens (tertiary/aromatic N) is 2. The number of aryl methyl sites for hydroxylation is 2. The number of carbonyl (C=O) groups is 2. The van der Waals surface area contributed by atoms with E-state index in [4.69, 9.17) is 4.74 Å².